The number of nitrogens with zero attached hydrogens (tertiary/aromatic N) is 2. The molecule has 5 heteroatoms. The third-order valence-electron chi connectivity index (χ3n) is 2.62. The molecule has 0 aliphatic carbocycles. The second kappa shape index (κ2) is 6.80. The van der Waals surface area contributed by atoms with Crippen LogP contribution in [-0.2, 0) is 0 Å². The maximum Gasteiger partial charge on any atom is 0.154 e. The fraction of sp³-hybridized carbons (Fsp3) is 0.133. The predicted molar refractivity (Wildman–Crippen MR) is 87.4 cm³/mol. The minimum absolute atomic E-state index is 0.695. The molecule has 0 atom stereocenters. The molecule has 0 spiro atoms. The molecule has 0 aromatic rings. The van der Waals surface area contributed by atoms with E-state index in [9.17, 15) is 0 Å². The average molecular weight is 284 g/mol. The van der Waals surface area contributed by atoms with E-state index in [0.29, 0.717) is 5.03 Å². The molecule has 0 saturated heterocycles. The van der Waals surface area contributed by atoms with E-state index >= 15 is 0 Å². The van der Waals surface area contributed by atoms with Gasteiger partial charge in [-0.15, -0.1) is 5.73 Å². The van der Waals surface area contributed by atoms with E-state index in [2.05, 4.69) is 45.6 Å². The number of allylic oxidation sites excluding steroid dienone is 3. The highest BCUT2D eigenvalue weighted by Crippen LogP contribution is 2.31. The highest BCUT2D eigenvalue weighted by atomic mass is 32.2. The molecule has 0 amide bonds. The highest BCUT2D eigenvalue weighted by Gasteiger charge is 2.13. The van der Waals surface area contributed by atoms with Crippen LogP contribution in [0.25, 0.3) is 0 Å². The monoisotopic (exact) mass is 284 g/mol. The largest absolute Gasteiger partial charge is 0.358 e. The van der Waals surface area contributed by atoms with E-state index in [1.54, 1.807) is 13.2 Å². The van der Waals surface area contributed by atoms with Crippen molar-refractivity contribution in [3.8, 4) is 0 Å². The molecule has 0 fully saturated rings. The Bertz CT molecular complexity index is 614. The summed E-state index contributed by atoms with van der Waals surface area (Å²) in [7, 11) is 1.76. The van der Waals surface area contributed by atoms with Gasteiger partial charge in [-0.05, 0) is 18.1 Å². The molecule has 2 rings (SSSR count). The van der Waals surface area contributed by atoms with Crippen LogP contribution in [0, 0.1) is 0 Å². The lowest BCUT2D eigenvalue weighted by Gasteiger charge is -2.15. The van der Waals surface area contributed by atoms with Gasteiger partial charge in [0.2, 0.25) is 0 Å². The van der Waals surface area contributed by atoms with Crippen molar-refractivity contribution in [3.05, 3.63) is 64.6 Å². The number of amidine groups is 1. The van der Waals surface area contributed by atoms with Crippen molar-refractivity contribution < 1.29 is 0 Å². The van der Waals surface area contributed by atoms with Crippen LogP contribution in [0.4, 0.5) is 0 Å². The Morgan fingerprint density at radius 3 is 3.00 bits per heavy atom. The summed E-state index contributed by atoms with van der Waals surface area (Å²) >= 11 is 1.49. The van der Waals surface area contributed by atoms with E-state index in [0.717, 1.165) is 28.4 Å². The van der Waals surface area contributed by atoms with Crippen molar-refractivity contribution in [2.75, 3.05) is 7.05 Å². The Labute approximate surface area is 123 Å². The first-order chi connectivity index (χ1) is 9.74. The van der Waals surface area contributed by atoms with Gasteiger partial charge in [0.15, 0.2) is 5.84 Å². The van der Waals surface area contributed by atoms with Gasteiger partial charge < -0.3 is 10.6 Å². The molecule has 4 nitrogen and oxygen atoms in total. The van der Waals surface area contributed by atoms with Crippen LogP contribution < -0.4 is 10.6 Å². The SMILES string of the molecule is C=C=C/C1=C(\C=NC)C/C=C2/NC=CNC2=NC(=C)S1. The van der Waals surface area contributed by atoms with E-state index in [4.69, 9.17) is 0 Å². The topological polar surface area (TPSA) is 48.8 Å². The van der Waals surface area contributed by atoms with Crippen molar-refractivity contribution in [3.63, 3.8) is 0 Å². The van der Waals surface area contributed by atoms with Crippen LogP contribution >= 0.6 is 11.8 Å². The maximum absolute atomic E-state index is 4.49. The number of fused-ring (bicyclic) bond motifs is 1. The number of hydrogen-bond acceptors (Lipinski definition) is 5. The van der Waals surface area contributed by atoms with Gasteiger partial charge in [-0.3, -0.25) is 4.99 Å². The van der Waals surface area contributed by atoms with E-state index in [1.807, 2.05) is 18.5 Å². The van der Waals surface area contributed by atoms with Crippen molar-refractivity contribution in [2.24, 2.45) is 9.98 Å². The molecule has 0 radical (unpaired) electrons. The molecule has 2 aliphatic rings. The molecular weight excluding hydrogens is 268 g/mol. The Morgan fingerprint density at radius 1 is 1.45 bits per heavy atom. The van der Waals surface area contributed by atoms with E-state index < -0.39 is 0 Å². The van der Waals surface area contributed by atoms with Crippen LogP contribution in [0.15, 0.2) is 74.6 Å². The number of nitrogens with one attached hydrogen (secondary N) is 2. The summed E-state index contributed by atoms with van der Waals surface area (Å²) in [5.41, 5.74) is 4.82. The Hall–Kier alpha value is -2.23. The van der Waals surface area contributed by atoms with Gasteiger partial charge in [0, 0.05) is 30.6 Å². The third kappa shape index (κ3) is 3.41. The quantitative estimate of drug-likeness (QED) is 0.605. The summed E-state index contributed by atoms with van der Waals surface area (Å²) < 4.78 is 0. The fourth-order valence-electron chi connectivity index (χ4n) is 1.79. The maximum atomic E-state index is 4.49. The third-order valence-corrected chi connectivity index (χ3v) is 3.55. The summed E-state index contributed by atoms with van der Waals surface area (Å²) in [5.74, 6) is 0.765. The lowest BCUT2D eigenvalue weighted by Crippen LogP contribution is -2.31. The lowest BCUT2D eigenvalue weighted by atomic mass is 10.1. The van der Waals surface area contributed by atoms with Gasteiger partial charge >= 0.3 is 0 Å². The first-order valence-electron chi connectivity index (χ1n) is 6.10. The highest BCUT2D eigenvalue weighted by molar-refractivity contribution is 8.06. The minimum Gasteiger partial charge on any atom is -0.358 e. The Kier molecular flexibility index (Phi) is 4.82. The molecule has 2 aliphatic heterocycles. The molecule has 20 heavy (non-hydrogen) atoms. The first-order valence-corrected chi connectivity index (χ1v) is 6.91. The molecule has 2 N–H and O–H groups in total. The fourth-order valence-corrected chi connectivity index (χ4v) is 2.59. The van der Waals surface area contributed by atoms with Gasteiger partial charge in [0.25, 0.3) is 0 Å². The zero-order valence-corrected chi connectivity index (χ0v) is 12.1. The van der Waals surface area contributed by atoms with Gasteiger partial charge in [-0.1, -0.05) is 31.0 Å². The smallest absolute Gasteiger partial charge is 0.154 e. The lowest BCUT2D eigenvalue weighted by molar-refractivity contribution is 1.01. The zero-order chi connectivity index (χ0) is 14.4. The number of thioether (sulfide) groups is 1. The average Bonchev–Trinajstić information content (AvgIpc) is 2.49. The van der Waals surface area contributed by atoms with Crippen LogP contribution in [0.1, 0.15) is 6.42 Å². The van der Waals surface area contributed by atoms with Crippen LogP contribution in [0.3, 0.4) is 0 Å². The van der Waals surface area contributed by atoms with Gasteiger partial charge in [0.05, 0.1) is 10.7 Å². The second-order valence-corrected chi connectivity index (χ2v) is 5.14. The summed E-state index contributed by atoms with van der Waals surface area (Å²) in [6.45, 7) is 7.62. The summed E-state index contributed by atoms with van der Waals surface area (Å²) in [5, 5.41) is 6.99. The van der Waals surface area contributed by atoms with Crippen LogP contribution in [-0.4, -0.2) is 19.1 Å². The molecule has 0 saturated carbocycles. The predicted octanol–water partition coefficient (Wildman–Crippen LogP) is 2.84. The number of rotatable bonds is 2. The standard InChI is InChI=1S/C15H16N4S/c1-4-5-14-12(10-16-3)6-7-13-15(18-9-8-17-13)19-11(2)20-14/h5,7-10,17H,1-2,6H2,3H3,(H,18,19)/b13-7+,14-12+,16-10?. The number of aliphatic imine (C=N–C) groups is 2. The first kappa shape index (κ1) is 14.2. The molecule has 102 valence electrons. The van der Waals surface area contributed by atoms with Crippen LogP contribution in [0.5, 0.6) is 0 Å². The van der Waals surface area contributed by atoms with E-state index in [1.165, 1.54) is 11.8 Å². The van der Waals surface area contributed by atoms with Gasteiger partial charge in [-0.2, -0.15) is 0 Å². The minimum atomic E-state index is 0.695. The van der Waals surface area contributed by atoms with Crippen LogP contribution in [0.2, 0.25) is 0 Å². The molecule has 0 aromatic heterocycles. The van der Waals surface area contributed by atoms with Gasteiger partial charge in [0.1, 0.15) is 0 Å². The number of hydrogen-bond donors (Lipinski definition) is 2. The second-order valence-electron chi connectivity index (χ2n) is 4.03. The Balaban J connectivity index is 2.47. The summed E-state index contributed by atoms with van der Waals surface area (Å²) in [6, 6.07) is 0. The van der Waals surface area contributed by atoms with Crippen molar-refractivity contribution >= 4 is 23.8 Å². The van der Waals surface area contributed by atoms with Gasteiger partial charge in [-0.25, -0.2) is 4.99 Å². The van der Waals surface area contributed by atoms with Crippen molar-refractivity contribution in [1.82, 2.24) is 10.6 Å². The van der Waals surface area contributed by atoms with Crippen molar-refractivity contribution in [1.29, 1.82) is 0 Å². The summed E-state index contributed by atoms with van der Waals surface area (Å²) in [6.07, 6.45) is 10.1. The van der Waals surface area contributed by atoms with Crippen molar-refractivity contribution in [2.45, 2.75) is 6.42 Å². The normalized spacial score (nSPS) is 24.9. The molecule has 2 heterocycles. The van der Waals surface area contributed by atoms with E-state index in [-0.39, 0.29) is 0 Å². The zero-order valence-electron chi connectivity index (χ0n) is 11.3. The molecule has 0 unspecified atom stereocenters. The molecule has 0 aromatic carbocycles. The Morgan fingerprint density at radius 2 is 2.25 bits per heavy atom. The molecule has 0 bridgehead atoms. The summed E-state index contributed by atoms with van der Waals surface area (Å²) in [4.78, 5) is 9.61. The molecular formula is C15H16N4S.